The van der Waals surface area contributed by atoms with Gasteiger partial charge in [-0.2, -0.15) is 0 Å². The van der Waals surface area contributed by atoms with Crippen molar-refractivity contribution >= 4 is 10.8 Å². The van der Waals surface area contributed by atoms with Crippen molar-refractivity contribution in [3.05, 3.63) is 0 Å². The lowest BCUT2D eigenvalue weighted by atomic mass is 9.69. The van der Waals surface area contributed by atoms with E-state index in [2.05, 4.69) is 31.1 Å². The first-order valence-electron chi connectivity index (χ1n) is 7.25. The van der Waals surface area contributed by atoms with Gasteiger partial charge < -0.3 is 10.2 Å². The Hall–Kier alpha value is 0.0700. The van der Waals surface area contributed by atoms with E-state index in [1.807, 2.05) is 0 Å². The van der Waals surface area contributed by atoms with Crippen molar-refractivity contribution in [2.75, 3.05) is 38.2 Å². The first kappa shape index (κ1) is 14.5. The van der Waals surface area contributed by atoms with E-state index in [1.165, 1.54) is 25.8 Å². The van der Waals surface area contributed by atoms with Gasteiger partial charge in [-0.25, -0.2) is 0 Å². The van der Waals surface area contributed by atoms with Crippen molar-refractivity contribution in [1.29, 1.82) is 0 Å². The van der Waals surface area contributed by atoms with Gasteiger partial charge >= 0.3 is 0 Å². The van der Waals surface area contributed by atoms with Crippen molar-refractivity contribution in [2.45, 2.75) is 39.2 Å². The number of hydrogen-bond donors (Lipinski definition) is 1. The minimum atomic E-state index is -0.551. The number of rotatable bonds is 3. The summed E-state index contributed by atoms with van der Waals surface area (Å²) in [5.74, 6) is 2.51. The summed E-state index contributed by atoms with van der Waals surface area (Å²) in [4.78, 5) is 2.53. The summed E-state index contributed by atoms with van der Waals surface area (Å²) < 4.78 is 11.4. The predicted octanol–water partition coefficient (Wildman–Crippen LogP) is 1.47. The van der Waals surface area contributed by atoms with Crippen LogP contribution in [0.1, 0.15) is 33.1 Å². The molecule has 0 radical (unpaired) electrons. The fraction of sp³-hybridized carbons (Fsp3) is 1.00. The molecule has 1 aliphatic carbocycles. The lowest BCUT2D eigenvalue weighted by Crippen LogP contribution is -2.49. The van der Waals surface area contributed by atoms with Gasteiger partial charge in [0.25, 0.3) is 0 Å². The molecule has 2 aliphatic rings. The van der Waals surface area contributed by atoms with E-state index in [9.17, 15) is 4.21 Å². The standard InChI is InChI=1S/C14H28N2OS/c1-14(2)5-4-13(15-3)12(10-14)11-16-6-8-18(17)9-7-16/h12-13,15H,4-11H2,1-3H3. The fourth-order valence-electron chi connectivity index (χ4n) is 3.50. The highest BCUT2D eigenvalue weighted by atomic mass is 32.2. The first-order valence-corrected chi connectivity index (χ1v) is 8.73. The zero-order valence-electron chi connectivity index (χ0n) is 12.1. The van der Waals surface area contributed by atoms with Gasteiger partial charge in [0.2, 0.25) is 0 Å². The SMILES string of the molecule is CNC1CCC(C)(C)CC1CN1CCS(=O)CC1. The van der Waals surface area contributed by atoms with Gasteiger partial charge in [-0.05, 0) is 37.6 Å². The largest absolute Gasteiger partial charge is 0.317 e. The second-order valence-corrected chi connectivity index (χ2v) is 8.41. The quantitative estimate of drug-likeness (QED) is 0.844. The lowest BCUT2D eigenvalue weighted by Gasteiger charge is -2.43. The van der Waals surface area contributed by atoms with Crippen molar-refractivity contribution in [3.63, 3.8) is 0 Å². The van der Waals surface area contributed by atoms with E-state index in [-0.39, 0.29) is 0 Å². The Morgan fingerprint density at radius 3 is 2.61 bits per heavy atom. The van der Waals surface area contributed by atoms with Gasteiger partial charge in [0.05, 0.1) is 0 Å². The van der Waals surface area contributed by atoms with Crippen molar-refractivity contribution < 1.29 is 4.21 Å². The summed E-state index contributed by atoms with van der Waals surface area (Å²) >= 11 is 0. The van der Waals surface area contributed by atoms with Crippen LogP contribution in [0.5, 0.6) is 0 Å². The third-order valence-electron chi connectivity index (χ3n) is 4.65. The second kappa shape index (κ2) is 6.02. The Morgan fingerprint density at radius 2 is 2.00 bits per heavy atom. The Balaban J connectivity index is 1.90. The molecule has 2 unspecified atom stereocenters. The number of nitrogens with one attached hydrogen (secondary N) is 1. The van der Waals surface area contributed by atoms with Crippen LogP contribution in [0, 0.1) is 11.3 Å². The molecule has 2 fully saturated rings. The Bertz CT molecular complexity index is 296. The van der Waals surface area contributed by atoms with Crippen molar-refractivity contribution in [1.82, 2.24) is 10.2 Å². The topological polar surface area (TPSA) is 32.3 Å². The summed E-state index contributed by atoms with van der Waals surface area (Å²) in [6.45, 7) is 8.04. The molecular weight excluding hydrogens is 244 g/mol. The van der Waals surface area contributed by atoms with E-state index >= 15 is 0 Å². The monoisotopic (exact) mass is 272 g/mol. The molecule has 106 valence electrons. The van der Waals surface area contributed by atoms with Gasteiger partial charge in [-0.1, -0.05) is 13.8 Å². The van der Waals surface area contributed by atoms with Crippen molar-refractivity contribution in [3.8, 4) is 0 Å². The third-order valence-corrected chi connectivity index (χ3v) is 5.93. The molecule has 0 aromatic carbocycles. The Morgan fingerprint density at radius 1 is 1.33 bits per heavy atom. The molecule has 1 heterocycles. The van der Waals surface area contributed by atoms with Crippen LogP contribution in [0.25, 0.3) is 0 Å². The molecule has 2 atom stereocenters. The second-order valence-electron chi connectivity index (χ2n) is 6.71. The van der Waals surface area contributed by atoms with Crippen LogP contribution in [0.15, 0.2) is 0 Å². The molecule has 1 N–H and O–H groups in total. The molecule has 0 amide bonds. The molecule has 0 spiro atoms. The molecular formula is C14H28N2OS. The third kappa shape index (κ3) is 3.78. The maximum atomic E-state index is 11.4. The van der Waals surface area contributed by atoms with Gasteiger partial charge in [0, 0.05) is 48.0 Å². The van der Waals surface area contributed by atoms with Crippen LogP contribution in [-0.2, 0) is 10.8 Å². The first-order chi connectivity index (χ1) is 8.50. The maximum absolute atomic E-state index is 11.4. The number of hydrogen-bond acceptors (Lipinski definition) is 3. The predicted molar refractivity (Wildman–Crippen MR) is 78.3 cm³/mol. The van der Waals surface area contributed by atoms with Gasteiger partial charge in [-0.3, -0.25) is 4.21 Å². The fourth-order valence-corrected chi connectivity index (χ4v) is 4.63. The van der Waals surface area contributed by atoms with E-state index in [1.54, 1.807) is 0 Å². The molecule has 0 aromatic heterocycles. The van der Waals surface area contributed by atoms with Crippen LogP contribution < -0.4 is 5.32 Å². The highest BCUT2D eigenvalue weighted by Gasteiger charge is 2.35. The Kier molecular flexibility index (Phi) is 4.84. The molecule has 18 heavy (non-hydrogen) atoms. The van der Waals surface area contributed by atoms with Crippen LogP contribution in [0.3, 0.4) is 0 Å². The maximum Gasteiger partial charge on any atom is 0.0363 e. The average molecular weight is 272 g/mol. The summed E-state index contributed by atoms with van der Waals surface area (Å²) in [6.07, 6.45) is 3.95. The van der Waals surface area contributed by atoms with Gasteiger partial charge in [0.15, 0.2) is 0 Å². The minimum absolute atomic E-state index is 0.497. The molecule has 1 saturated carbocycles. The highest BCUT2D eigenvalue weighted by Crippen LogP contribution is 2.39. The molecule has 0 aromatic rings. The van der Waals surface area contributed by atoms with E-state index in [0.717, 1.165) is 30.5 Å². The zero-order chi connectivity index (χ0) is 13.2. The molecule has 1 saturated heterocycles. The van der Waals surface area contributed by atoms with E-state index < -0.39 is 10.8 Å². The summed E-state index contributed by atoms with van der Waals surface area (Å²) in [7, 11) is 1.55. The summed E-state index contributed by atoms with van der Waals surface area (Å²) in [6, 6.07) is 0.672. The van der Waals surface area contributed by atoms with E-state index in [0.29, 0.717) is 11.5 Å². The molecule has 1 aliphatic heterocycles. The Labute approximate surface area is 114 Å². The summed E-state index contributed by atoms with van der Waals surface area (Å²) in [5.41, 5.74) is 0.497. The van der Waals surface area contributed by atoms with Crippen LogP contribution in [-0.4, -0.2) is 53.3 Å². The van der Waals surface area contributed by atoms with E-state index in [4.69, 9.17) is 0 Å². The number of nitrogens with zero attached hydrogens (tertiary/aromatic N) is 1. The van der Waals surface area contributed by atoms with Gasteiger partial charge in [-0.15, -0.1) is 0 Å². The molecule has 0 bridgehead atoms. The lowest BCUT2D eigenvalue weighted by molar-refractivity contribution is 0.106. The normalized spacial score (nSPS) is 34.6. The summed E-state index contributed by atoms with van der Waals surface area (Å²) in [5, 5.41) is 3.50. The molecule has 4 heteroatoms. The smallest absolute Gasteiger partial charge is 0.0363 e. The van der Waals surface area contributed by atoms with Crippen LogP contribution in [0.4, 0.5) is 0 Å². The minimum Gasteiger partial charge on any atom is -0.317 e. The average Bonchev–Trinajstić information content (AvgIpc) is 2.31. The zero-order valence-corrected chi connectivity index (χ0v) is 12.9. The van der Waals surface area contributed by atoms with Crippen LogP contribution in [0.2, 0.25) is 0 Å². The van der Waals surface area contributed by atoms with Crippen molar-refractivity contribution in [2.24, 2.45) is 11.3 Å². The molecule has 2 rings (SSSR count). The highest BCUT2D eigenvalue weighted by molar-refractivity contribution is 7.85. The molecule has 3 nitrogen and oxygen atoms in total. The van der Waals surface area contributed by atoms with Gasteiger partial charge in [0.1, 0.15) is 0 Å². The van der Waals surface area contributed by atoms with Crippen LogP contribution >= 0.6 is 0 Å².